The monoisotopic (exact) mass is 259 g/mol. The number of hydrogen-bond acceptors (Lipinski definition) is 3. The van der Waals surface area contributed by atoms with E-state index >= 15 is 0 Å². The summed E-state index contributed by atoms with van der Waals surface area (Å²) in [7, 11) is 0. The van der Waals surface area contributed by atoms with E-state index in [-0.39, 0.29) is 17.4 Å². The van der Waals surface area contributed by atoms with Crippen LogP contribution in [0.5, 0.6) is 0 Å². The van der Waals surface area contributed by atoms with Crippen molar-refractivity contribution in [2.45, 2.75) is 73.1 Å². The Morgan fingerprint density at radius 1 is 1.11 bits per heavy atom. The second-order valence-electron chi connectivity index (χ2n) is 7.23. The molecule has 0 radical (unpaired) electrons. The molecule has 4 heteroatoms. The van der Waals surface area contributed by atoms with Gasteiger partial charge in [-0.05, 0) is 32.1 Å². The Balaban J connectivity index is 4.70. The predicted octanol–water partition coefficient (Wildman–Crippen LogP) is 2.94. The van der Waals surface area contributed by atoms with Crippen LogP contribution in [-0.2, 0) is 4.74 Å². The molecule has 4 nitrogen and oxygen atoms in total. The topological polar surface area (TPSA) is 58.6 Å². The Labute approximate surface area is 111 Å². The molecule has 0 heterocycles. The van der Waals surface area contributed by atoms with E-state index in [4.69, 9.17) is 4.74 Å². The maximum absolute atomic E-state index is 11.8. The number of hydrogen-bond donors (Lipinski definition) is 2. The average molecular weight is 259 g/mol. The molecule has 108 valence electrons. The molecule has 1 amide bonds. The van der Waals surface area contributed by atoms with Gasteiger partial charge in [-0.3, -0.25) is 0 Å². The first-order valence-corrected chi connectivity index (χ1v) is 6.52. The Hall–Kier alpha value is -0.770. The van der Waals surface area contributed by atoms with Crippen molar-refractivity contribution in [1.82, 2.24) is 5.32 Å². The van der Waals surface area contributed by atoms with E-state index in [1.807, 2.05) is 55.4 Å². The zero-order valence-corrected chi connectivity index (χ0v) is 13.0. The molecule has 18 heavy (non-hydrogen) atoms. The second kappa shape index (κ2) is 5.91. The lowest BCUT2D eigenvalue weighted by Gasteiger charge is -2.36. The van der Waals surface area contributed by atoms with Crippen LogP contribution in [0.2, 0.25) is 0 Å². The lowest BCUT2D eigenvalue weighted by atomic mass is 9.81. The fourth-order valence-corrected chi connectivity index (χ4v) is 1.59. The van der Waals surface area contributed by atoms with Crippen molar-refractivity contribution < 1.29 is 14.6 Å². The summed E-state index contributed by atoms with van der Waals surface area (Å²) in [5.74, 6) is 0.131. The van der Waals surface area contributed by atoms with Crippen molar-refractivity contribution in [3.05, 3.63) is 0 Å². The molecule has 0 rings (SSSR count). The largest absolute Gasteiger partial charge is 0.444 e. The van der Waals surface area contributed by atoms with E-state index in [0.717, 1.165) is 0 Å². The zero-order valence-electron chi connectivity index (χ0n) is 13.0. The fraction of sp³-hybridized carbons (Fsp3) is 0.929. The van der Waals surface area contributed by atoms with Gasteiger partial charge in [0.2, 0.25) is 0 Å². The molecule has 0 aliphatic rings. The minimum Gasteiger partial charge on any atom is -0.444 e. The summed E-state index contributed by atoms with van der Waals surface area (Å²) < 4.78 is 5.22. The van der Waals surface area contributed by atoms with Crippen molar-refractivity contribution in [2.75, 3.05) is 0 Å². The van der Waals surface area contributed by atoms with E-state index in [9.17, 15) is 9.90 Å². The first kappa shape index (κ1) is 17.2. The lowest BCUT2D eigenvalue weighted by molar-refractivity contribution is 0.00284. The number of amides is 1. The molecule has 2 atom stereocenters. The average Bonchev–Trinajstić information content (AvgIpc) is 2.08. The van der Waals surface area contributed by atoms with Crippen LogP contribution in [0.1, 0.15) is 55.4 Å². The molecule has 0 aromatic rings. The van der Waals surface area contributed by atoms with E-state index in [2.05, 4.69) is 5.32 Å². The molecule has 0 fully saturated rings. The minimum absolute atomic E-state index is 0.131. The van der Waals surface area contributed by atoms with Crippen LogP contribution in [0.25, 0.3) is 0 Å². The highest BCUT2D eigenvalue weighted by atomic mass is 16.6. The molecule has 0 saturated carbocycles. The molecule has 0 aliphatic carbocycles. The summed E-state index contributed by atoms with van der Waals surface area (Å²) in [6.45, 7) is 15.2. The molecule has 0 aromatic heterocycles. The number of aliphatic hydroxyl groups is 1. The number of alkyl carbamates (subject to hydrolysis) is 1. The maximum atomic E-state index is 11.8. The van der Waals surface area contributed by atoms with Crippen molar-refractivity contribution in [3.8, 4) is 0 Å². The standard InChI is InChI=1S/C14H29NO3/c1-9(2)10(11(16)13(3,4)5)15-12(17)18-14(6,7)8/h9-11,16H,1-8H3,(H,15,17)/t10-,11-/m1/s1. The van der Waals surface area contributed by atoms with Gasteiger partial charge in [0.15, 0.2) is 0 Å². The van der Waals surface area contributed by atoms with Gasteiger partial charge in [0.25, 0.3) is 0 Å². The Kier molecular flexibility index (Phi) is 5.66. The third-order valence-corrected chi connectivity index (χ3v) is 2.63. The van der Waals surface area contributed by atoms with Crippen LogP contribution < -0.4 is 5.32 Å². The van der Waals surface area contributed by atoms with Gasteiger partial charge in [0, 0.05) is 0 Å². The molecule has 0 bridgehead atoms. The second-order valence-corrected chi connectivity index (χ2v) is 7.23. The molecule has 0 saturated heterocycles. The summed E-state index contributed by atoms with van der Waals surface area (Å²) in [4.78, 5) is 11.8. The zero-order chi connectivity index (χ0) is 14.7. The van der Waals surface area contributed by atoms with Crippen LogP contribution in [0.4, 0.5) is 4.79 Å². The van der Waals surface area contributed by atoms with Crippen LogP contribution in [0, 0.1) is 11.3 Å². The summed E-state index contributed by atoms with van der Waals surface area (Å²) in [6.07, 6.45) is -1.10. The highest BCUT2D eigenvalue weighted by Crippen LogP contribution is 2.25. The van der Waals surface area contributed by atoms with E-state index in [1.165, 1.54) is 0 Å². The van der Waals surface area contributed by atoms with Gasteiger partial charge in [-0.2, -0.15) is 0 Å². The highest BCUT2D eigenvalue weighted by molar-refractivity contribution is 5.68. The van der Waals surface area contributed by atoms with Gasteiger partial charge in [-0.25, -0.2) is 4.79 Å². The number of aliphatic hydroxyl groups excluding tert-OH is 1. The maximum Gasteiger partial charge on any atom is 0.407 e. The fourth-order valence-electron chi connectivity index (χ4n) is 1.59. The number of carbonyl (C=O) groups excluding carboxylic acids is 1. The van der Waals surface area contributed by atoms with Gasteiger partial charge in [0.05, 0.1) is 12.1 Å². The molecule has 0 spiro atoms. The third kappa shape index (κ3) is 6.24. The van der Waals surface area contributed by atoms with Crippen LogP contribution in [0.15, 0.2) is 0 Å². The molecule has 2 N–H and O–H groups in total. The number of rotatable bonds is 3. The van der Waals surface area contributed by atoms with E-state index in [1.54, 1.807) is 0 Å². The first-order valence-electron chi connectivity index (χ1n) is 6.52. The smallest absolute Gasteiger partial charge is 0.407 e. The molecule has 0 aromatic carbocycles. The number of ether oxygens (including phenoxy) is 1. The van der Waals surface area contributed by atoms with Gasteiger partial charge in [-0.15, -0.1) is 0 Å². The molecule has 0 aliphatic heterocycles. The van der Waals surface area contributed by atoms with Crippen molar-refractivity contribution >= 4 is 6.09 Å². The van der Waals surface area contributed by atoms with Gasteiger partial charge in [-0.1, -0.05) is 34.6 Å². The predicted molar refractivity (Wildman–Crippen MR) is 73.5 cm³/mol. The highest BCUT2D eigenvalue weighted by Gasteiger charge is 2.34. The van der Waals surface area contributed by atoms with Gasteiger partial charge >= 0.3 is 6.09 Å². The quantitative estimate of drug-likeness (QED) is 0.819. The number of carbonyl (C=O) groups is 1. The first-order chi connectivity index (χ1) is 7.84. The van der Waals surface area contributed by atoms with Crippen LogP contribution >= 0.6 is 0 Å². The van der Waals surface area contributed by atoms with Crippen molar-refractivity contribution in [3.63, 3.8) is 0 Å². The van der Waals surface area contributed by atoms with Crippen molar-refractivity contribution in [2.24, 2.45) is 11.3 Å². The van der Waals surface area contributed by atoms with Gasteiger partial charge in [0.1, 0.15) is 5.60 Å². The SMILES string of the molecule is CC(C)[C@@H](NC(=O)OC(C)(C)C)[C@@H](O)C(C)(C)C. The number of nitrogens with one attached hydrogen (secondary N) is 1. The summed E-state index contributed by atoms with van der Waals surface area (Å²) in [6, 6.07) is -0.320. The lowest BCUT2D eigenvalue weighted by Crippen LogP contribution is -2.52. The van der Waals surface area contributed by atoms with Gasteiger partial charge < -0.3 is 15.2 Å². The minimum atomic E-state index is -0.620. The Bertz CT molecular complexity index is 274. The van der Waals surface area contributed by atoms with Crippen LogP contribution in [0.3, 0.4) is 0 Å². The molecule has 0 unspecified atom stereocenters. The van der Waals surface area contributed by atoms with E-state index in [0.29, 0.717) is 0 Å². The molecular weight excluding hydrogens is 230 g/mol. The summed E-state index contributed by atoms with van der Waals surface area (Å²) in [5.41, 5.74) is -0.817. The normalized spacial score (nSPS) is 16.3. The third-order valence-electron chi connectivity index (χ3n) is 2.63. The van der Waals surface area contributed by atoms with Crippen molar-refractivity contribution in [1.29, 1.82) is 0 Å². The van der Waals surface area contributed by atoms with E-state index < -0.39 is 17.8 Å². The summed E-state index contributed by atoms with van der Waals surface area (Å²) >= 11 is 0. The Morgan fingerprint density at radius 3 is 1.83 bits per heavy atom. The van der Waals surface area contributed by atoms with Crippen LogP contribution in [-0.4, -0.2) is 28.9 Å². The summed E-state index contributed by atoms with van der Waals surface area (Å²) in [5, 5.41) is 13.1. The Morgan fingerprint density at radius 2 is 1.56 bits per heavy atom. The molecular formula is C14H29NO3.